The van der Waals surface area contributed by atoms with Crippen LogP contribution < -0.4 is 10.5 Å². The normalized spacial score (nSPS) is 17.0. The van der Waals surface area contributed by atoms with Crippen LogP contribution in [0.5, 0.6) is 0 Å². The van der Waals surface area contributed by atoms with Crippen LogP contribution in [0.3, 0.4) is 0 Å². The number of hydrogen-bond donors (Lipinski definition) is 2. The van der Waals surface area contributed by atoms with Gasteiger partial charge in [-0.3, -0.25) is 0 Å². The minimum absolute atomic E-state index is 0.0416. The summed E-state index contributed by atoms with van der Waals surface area (Å²) in [4.78, 5) is 2.19. The smallest absolute Gasteiger partial charge is 0.241 e. The average Bonchev–Trinajstić information content (AvgIpc) is 2.43. The second-order valence-electron chi connectivity index (χ2n) is 5.10. The van der Waals surface area contributed by atoms with Gasteiger partial charge in [0, 0.05) is 17.6 Å². The van der Waals surface area contributed by atoms with E-state index >= 15 is 0 Å². The number of sulfonamides is 1. The van der Waals surface area contributed by atoms with Crippen molar-refractivity contribution in [2.45, 2.75) is 24.2 Å². The van der Waals surface area contributed by atoms with Gasteiger partial charge in [-0.05, 0) is 54.0 Å². The highest BCUT2D eigenvalue weighted by Gasteiger charge is 2.20. The zero-order valence-corrected chi connectivity index (χ0v) is 14.0. The molecule has 1 aromatic carbocycles. The van der Waals surface area contributed by atoms with Gasteiger partial charge in [0.05, 0.1) is 10.6 Å². The Labute approximate surface area is 132 Å². The summed E-state index contributed by atoms with van der Waals surface area (Å²) in [6, 6.07) is 2.19. The number of hydrogen-bond acceptors (Lipinski definition) is 4. The lowest BCUT2D eigenvalue weighted by Crippen LogP contribution is -2.37. The van der Waals surface area contributed by atoms with E-state index in [9.17, 15) is 12.8 Å². The largest absolute Gasteiger partial charge is 0.396 e. The van der Waals surface area contributed by atoms with E-state index in [0.29, 0.717) is 13.1 Å². The third-order valence-corrected chi connectivity index (χ3v) is 5.93. The molecule has 2 rings (SSSR count). The number of likely N-dealkylation sites (tertiary alicyclic amines) is 1. The molecular weight excluding hydrogens is 361 g/mol. The average molecular weight is 380 g/mol. The molecule has 0 aliphatic carbocycles. The van der Waals surface area contributed by atoms with Gasteiger partial charge in [0.15, 0.2) is 0 Å². The topological polar surface area (TPSA) is 75.4 Å². The van der Waals surface area contributed by atoms with Crippen molar-refractivity contribution in [3.05, 3.63) is 22.4 Å². The number of rotatable bonds is 5. The summed E-state index contributed by atoms with van der Waals surface area (Å²) in [5, 5.41) is 0. The van der Waals surface area contributed by atoms with Crippen LogP contribution in [0.1, 0.15) is 19.3 Å². The van der Waals surface area contributed by atoms with Crippen LogP contribution in [0.25, 0.3) is 0 Å². The van der Waals surface area contributed by atoms with Gasteiger partial charge in [0.2, 0.25) is 10.0 Å². The minimum Gasteiger partial charge on any atom is -0.396 e. The number of anilines is 1. The summed E-state index contributed by atoms with van der Waals surface area (Å²) in [7, 11) is -3.70. The van der Waals surface area contributed by atoms with E-state index in [-0.39, 0.29) is 15.1 Å². The van der Waals surface area contributed by atoms with Gasteiger partial charge in [0.25, 0.3) is 0 Å². The molecule has 0 unspecified atom stereocenters. The van der Waals surface area contributed by atoms with Gasteiger partial charge in [-0.25, -0.2) is 17.5 Å². The first-order valence-corrected chi connectivity index (χ1v) is 9.14. The maximum atomic E-state index is 13.3. The molecule has 8 heteroatoms. The van der Waals surface area contributed by atoms with E-state index < -0.39 is 15.8 Å². The Balaban J connectivity index is 1.99. The Hall–Kier alpha value is -0.700. The number of nitrogens with zero attached hydrogens (tertiary/aromatic N) is 1. The van der Waals surface area contributed by atoms with E-state index in [4.69, 9.17) is 5.73 Å². The fraction of sp³-hybridized carbons (Fsp3) is 0.538. The third-order valence-electron chi connectivity index (χ3n) is 3.51. The van der Waals surface area contributed by atoms with Crippen molar-refractivity contribution < 1.29 is 12.8 Å². The molecule has 21 heavy (non-hydrogen) atoms. The van der Waals surface area contributed by atoms with Crippen LogP contribution in [0.2, 0.25) is 0 Å². The molecule has 0 aromatic heterocycles. The predicted molar refractivity (Wildman–Crippen MR) is 84.0 cm³/mol. The van der Waals surface area contributed by atoms with Gasteiger partial charge in [-0.15, -0.1) is 0 Å². The maximum absolute atomic E-state index is 13.3. The van der Waals surface area contributed by atoms with Crippen molar-refractivity contribution in [2.24, 2.45) is 0 Å². The molecule has 1 heterocycles. The molecule has 1 aliphatic heterocycles. The molecule has 1 aliphatic rings. The maximum Gasteiger partial charge on any atom is 0.241 e. The van der Waals surface area contributed by atoms with E-state index in [1.54, 1.807) is 0 Å². The SMILES string of the molecule is Nc1cc(S(=O)(=O)NCCN2CCCCC2)c(Br)cc1F. The summed E-state index contributed by atoms with van der Waals surface area (Å²) in [5.41, 5.74) is 5.25. The lowest BCUT2D eigenvalue weighted by Gasteiger charge is -2.26. The van der Waals surface area contributed by atoms with E-state index in [1.807, 2.05) is 0 Å². The van der Waals surface area contributed by atoms with Gasteiger partial charge < -0.3 is 10.6 Å². The fourth-order valence-electron chi connectivity index (χ4n) is 2.35. The molecule has 0 radical (unpaired) electrons. The molecule has 118 valence electrons. The first kappa shape index (κ1) is 16.7. The molecule has 0 spiro atoms. The van der Waals surface area contributed by atoms with Gasteiger partial charge in [0.1, 0.15) is 5.82 Å². The Morgan fingerprint density at radius 3 is 2.62 bits per heavy atom. The minimum atomic E-state index is -3.70. The van der Waals surface area contributed by atoms with Crippen LogP contribution in [-0.4, -0.2) is 39.5 Å². The van der Waals surface area contributed by atoms with Crippen LogP contribution in [0.4, 0.5) is 10.1 Å². The van der Waals surface area contributed by atoms with Crippen molar-refractivity contribution in [3.8, 4) is 0 Å². The number of benzene rings is 1. The summed E-state index contributed by atoms with van der Waals surface area (Å²) >= 11 is 3.06. The van der Waals surface area contributed by atoms with E-state index in [1.165, 1.54) is 6.42 Å². The van der Waals surface area contributed by atoms with Crippen LogP contribution in [0.15, 0.2) is 21.5 Å². The molecule has 3 N–H and O–H groups in total. The van der Waals surface area contributed by atoms with Crippen LogP contribution in [-0.2, 0) is 10.0 Å². The zero-order chi connectivity index (χ0) is 15.5. The Kier molecular flexibility index (Phi) is 5.59. The van der Waals surface area contributed by atoms with Gasteiger partial charge >= 0.3 is 0 Å². The number of nitrogens with two attached hydrogens (primary N) is 1. The highest BCUT2D eigenvalue weighted by Crippen LogP contribution is 2.26. The number of halogens is 2. The summed E-state index contributed by atoms with van der Waals surface area (Å²) in [6.45, 7) is 3.02. The molecule has 1 fully saturated rings. The van der Waals surface area contributed by atoms with Gasteiger partial charge in [-0.2, -0.15) is 0 Å². The molecule has 0 atom stereocenters. The van der Waals surface area contributed by atoms with E-state index in [0.717, 1.165) is 38.1 Å². The van der Waals surface area contributed by atoms with E-state index in [2.05, 4.69) is 25.6 Å². The Morgan fingerprint density at radius 2 is 1.95 bits per heavy atom. The second-order valence-corrected chi connectivity index (χ2v) is 7.69. The molecule has 1 aromatic rings. The fourth-order valence-corrected chi connectivity index (χ4v) is 4.42. The van der Waals surface area contributed by atoms with Crippen LogP contribution in [0, 0.1) is 5.82 Å². The molecule has 0 amide bonds. The highest BCUT2D eigenvalue weighted by atomic mass is 79.9. The van der Waals surface area contributed by atoms with Crippen molar-refractivity contribution in [1.29, 1.82) is 0 Å². The monoisotopic (exact) mass is 379 g/mol. The second kappa shape index (κ2) is 7.04. The van der Waals surface area contributed by atoms with Crippen molar-refractivity contribution in [2.75, 3.05) is 31.9 Å². The first-order chi connectivity index (χ1) is 9.90. The van der Waals surface area contributed by atoms with Gasteiger partial charge in [-0.1, -0.05) is 6.42 Å². The standard InChI is InChI=1S/C13H19BrFN3O2S/c14-10-8-11(15)12(16)9-13(10)21(19,20)17-4-7-18-5-2-1-3-6-18/h8-9,17H,1-7,16H2. The lowest BCUT2D eigenvalue weighted by molar-refractivity contribution is 0.233. The number of nitrogen functional groups attached to an aromatic ring is 1. The number of nitrogens with one attached hydrogen (secondary N) is 1. The molecule has 0 saturated carbocycles. The summed E-state index contributed by atoms with van der Waals surface area (Å²) in [5.74, 6) is -0.644. The third kappa shape index (κ3) is 4.38. The molecular formula is C13H19BrFN3O2S. The summed E-state index contributed by atoms with van der Waals surface area (Å²) in [6.07, 6.45) is 3.56. The quantitative estimate of drug-likeness (QED) is 0.766. The highest BCUT2D eigenvalue weighted by molar-refractivity contribution is 9.10. The van der Waals surface area contributed by atoms with Crippen molar-refractivity contribution >= 4 is 31.6 Å². The van der Waals surface area contributed by atoms with Crippen molar-refractivity contribution in [1.82, 2.24) is 9.62 Å². The Bertz CT molecular complexity index is 604. The van der Waals surface area contributed by atoms with Crippen molar-refractivity contribution in [3.63, 3.8) is 0 Å². The molecule has 0 bridgehead atoms. The first-order valence-electron chi connectivity index (χ1n) is 6.87. The molecule has 5 nitrogen and oxygen atoms in total. The molecule has 1 saturated heterocycles. The Morgan fingerprint density at radius 1 is 1.29 bits per heavy atom. The zero-order valence-electron chi connectivity index (χ0n) is 11.6. The van der Waals surface area contributed by atoms with Crippen LogP contribution >= 0.6 is 15.9 Å². The summed E-state index contributed by atoms with van der Waals surface area (Å²) < 4.78 is 40.4. The lowest BCUT2D eigenvalue weighted by atomic mass is 10.1. The number of piperidine rings is 1. The predicted octanol–water partition coefficient (Wildman–Crippen LogP) is 1.93.